The molecule has 27 heavy (non-hydrogen) atoms. The van der Waals surface area contributed by atoms with Gasteiger partial charge in [-0.15, -0.1) is 5.10 Å². The first kappa shape index (κ1) is 17.4. The molecule has 0 saturated heterocycles. The summed E-state index contributed by atoms with van der Waals surface area (Å²) in [6.07, 6.45) is 8.06. The number of hydrogen-bond acceptors (Lipinski definition) is 6. The molecule has 3 aromatic rings. The molecule has 7 nitrogen and oxygen atoms in total. The van der Waals surface area contributed by atoms with Gasteiger partial charge in [0.15, 0.2) is 11.3 Å². The zero-order valence-electron chi connectivity index (χ0n) is 15.3. The van der Waals surface area contributed by atoms with Crippen LogP contribution in [0.4, 0.5) is 5.82 Å². The molecule has 3 aromatic heterocycles. The number of hydrogen-bond donors (Lipinski definition) is 1. The molecule has 0 atom stereocenters. The van der Waals surface area contributed by atoms with E-state index in [0.29, 0.717) is 29.2 Å². The Bertz CT molecular complexity index is 954. The van der Waals surface area contributed by atoms with Crippen LogP contribution in [0.3, 0.4) is 0 Å². The minimum Gasteiger partial charge on any atom is -0.379 e. The van der Waals surface area contributed by atoms with Gasteiger partial charge >= 0.3 is 0 Å². The average Bonchev–Trinajstić information content (AvgIpc) is 3.08. The monoisotopic (exact) mass is 362 g/mol. The SMILES string of the molecule is CCO[C@H]1CC[C@H](Nc2ccc3nc(C#N)c(-c4ccncc4)n3n2)CC1. The number of imidazole rings is 1. The molecule has 0 spiro atoms. The van der Waals surface area contributed by atoms with Crippen molar-refractivity contribution in [2.45, 2.75) is 44.8 Å². The fourth-order valence-electron chi connectivity index (χ4n) is 3.68. The van der Waals surface area contributed by atoms with Crippen LogP contribution in [0.1, 0.15) is 38.3 Å². The Morgan fingerprint density at radius 3 is 2.67 bits per heavy atom. The summed E-state index contributed by atoms with van der Waals surface area (Å²) in [5.74, 6) is 0.791. The fourth-order valence-corrected chi connectivity index (χ4v) is 3.68. The lowest BCUT2D eigenvalue weighted by Gasteiger charge is -2.29. The van der Waals surface area contributed by atoms with Gasteiger partial charge in [-0.05, 0) is 56.9 Å². The van der Waals surface area contributed by atoms with Gasteiger partial charge in [0, 0.05) is 30.6 Å². The summed E-state index contributed by atoms with van der Waals surface area (Å²) >= 11 is 0. The van der Waals surface area contributed by atoms with Gasteiger partial charge in [0.25, 0.3) is 0 Å². The Morgan fingerprint density at radius 1 is 1.19 bits per heavy atom. The van der Waals surface area contributed by atoms with Crippen LogP contribution in [0.15, 0.2) is 36.7 Å². The molecule has 7 heteroatoms. The van der Waals surface area contributed by atoms with E-state index in [-0.39, 0.29) is 0 Å². The maximum atomic E-state index is 9.48. The topological polar surface area (TPSA) is 88.1 Å². The molecular formula is C20H22N6O. The lowest BCUT2D eigenvalue weighted by molar-refractivity contribution is 0.0346. The molecule has 4 rings (SSSR count). The van der Waals surface area contributed by atoms with Crippen LogP contribution >= 0.6 is 0 Å². The number of nitrogens with one attached hydrogen (secondary N) is 1. The van der Waals surface area contributed by atoms with Crippen molar-refractivity contribution in [1.29, 1.82) is 5.26 Å². The van der Waals surface area contributed by atoms with Crippen molar-refractivity contribution in [3.8, 4) is 17.3 Å². The van der Waals surface area contributed by atoms with E-state index < -0.39 is 0 Å². The second kappa shape index (κ2) is 7.72. The van der Waals surface area contributed by atoms with Crippen molar-refractivity contribution in [1.82, 2.24) is 19.6 Å². The van der Waals surface area contributed by atoms with Crippen molar-refractivity contribution < 1.29 is 4.74 Å². The van der Waals surface area contributed by atoms with E-state index in [1.165, 1.54) is 0 Å². The standard InChI is InChI=1S/C20H22N6O/c1-2-27-16-5-3-15(4-6-16)23-18-7-8-19-24-17(13-21)20(26(19)25-18)14-9-11-22-12-10-14/h7-12,15-16H,2-6H2,1H3,(H,23,25)/t15-,16-. The van der Waals surface area contributed by atoms with Gasteiger partial charge < -0.3 is 10.1 Å². The Labute approximate surface area is 158 Å². The van der Waals surface area contributed by atoms with Gasteiger partial charge in [-0.3, -0.25) is 4.98 Å². The van der Waals surface area contributed by atoms with Gasteiger partial charge in [0.2, 0.25) is 0 Å². The summed E-state index contributed by atoms with van der Waals surface area (Å²) in [5.41, 5.74) is 2.58. The van der Waals surface area contributed by atoms with Crippen molar-refractivity contribution in [3.63, 3.8) is 0 Å². The zero-order valence-corrected chi connectivity index (χ0v) is 15.3. The Balaban J connectivity index is 1.60. The molecule has 0 aliphatic heterocycles. The van der Waals surface area contributed by atoms with E-state index in [4.69, 9.17) is 9.84 Å². The summed E-state index contributed by atoms with van der Waals surface area (Å²) < 4.78 is 7.47. The summed E-state index contributed by atoms with van der Waals surface area (Å²) in [6.45, 7) is 2.82. The van der Waals surface area contributed by atoms with Crippen LogP contribution in [0, 0.1) is 11.3 Å². The van der Waals surface area contributed by atoms with E-state index in [0.717, 1.165) is 43.7 Å². The zero-order chi connectivity index (χ0) is 18.6. The molecule has 1 aliphatic carbocycles. The summed E-state index contributed by atoms with van der Waals surface area (Å²) in [6, 6.07) is 10.1. The predicted molar refractivity (Wildman–Crippen MR) is 102 cm³/mol. The third kappa shape index (κ3) is 3.62. The number of ether oxygens (including phenoxy) is 1. The third-order valence-electron chi connectivity index (χ3n) is 4.97. The molecule has 1 aliphatic rings. The Hall–Kier alpha value is -2.98. The first-order chi connectivity index (χ1) is 13.3. The number of nitriles is 1. The molecule has 1 fully saturated rings. The molecule has 138 valence electrons. The number of rotatable bonds is 5. The summed E-state index contributed by atoms with van der Waals surface area (Å²) in [7, 11) is 0. The highest BCUT2D eigenvalue weighted by molar-refractivity contribution is 5.69. The lowest BCUT2D eigenvalue weighted by Crippen LogP contribution is -2.30. The second-order valence-electron chi connectivity index (χ2n) is 6.72. The Kier molecular flexibility index (Phi) is 4.99. The van der Waals surface area contributed by atoms with E-state index in [2.05, 4.69) is 21.4 Å². The van der Waals surface area contributed by atoms with Gasteiger partial charge in [-0.2, -0.15) is 5.26 Å². The molecule has 1 N–H and O–H groups in total. The van der Waals surface area contributed by atoms with Gasteiger partial charge in [-0.25, -0.2) is 9.50 Å². The minimum absolute atomic E-state index is 0.364. The normalized spacial score (nSPS) is 19.7. The van der Waals surface area contributed by atoms with Crippen molar-refractivity contribution in [2.24, 2.45) is 0 Å². The van der Waals surface area contributed by atoms with Crippen LogP contribution in [0.5, 0.6) is 0 Å². The van der Waals surface area contributed by atoms with E-state index >= 15 is 0 Å². The summed E-state index contributed by atoms with van der Waals surface area (Å²) in [4.78, 5) is 8.45. The first-order valence-electron chi connectivity index (χ1n) is 9.37. The van der Waals surface area contributed by atoms with E-state index in [9.17, 15) is 5.26 Å². The molecule has 0 unspecified atom stereocenters. The summed E-state index contributed by atoms with van der Waals surface area (Å²) in [5, 5.41) is 17.7. The second-order valence-corrected chi connectivity index (χ2v) is 6.72. The highest BCUT2D eigenvalue weighted by Gasteiger charge is 2.22. The van der Waals surface area contributed by atoms with Crippen molar-refractivity contribution in [3.05, 3.63) is 42.4 Å². The van der Waals surface area contributed by atoms with Crippen LogP contribution < -0.4 is 5.32 Å². The smallest absolute Gasteiger partial charge is 0.169 e. The maximum absolute atomic E-state index is 9.48. The number of anilines is 1. The Morgan fingerprint density at radius 2 is 1.96 bits per heavy atom. The molecule has 0 bridgehead atoms. The molecular weight excluding hydrogens is 340 g/mol. The van der Waals surface area contributed by atoms with Gasteiger partial charge in [0.05, 0.1) is 6.10 Å². The van der Waals surface area contributed by atoms with E-state index in [1.54, 1.807) is 16.9 Å². The van der Waals surface area contributed by atoms with Gasteiger partial charge in [0.1, 0.15) is 17.6 Å². The molecule has 0 radical (unpaired) electrons. The van der Waals surface area contributed by atoms with E-state index in [1.807, 2.05) is 31.2 Å². The number of aromatic nitrogens is 4. The maximum Gasteiger partial charge on any atom is 0.169 e. The predicted octanol–water partition coefficient (Wildman–Crippen LogP) is 3.42. The third-order valence-corrected chi connectivity index (χ3v) is 4.97. The van der Waals surface area contributed by atoms with Gasteiger partial charge in [-0.1, -0.05) is 0 Å². The highest BCUT2D eigenvalue weighted by atomic mass is 16.5. The molecule has 0 aromatic carbocycles. The molecule has 3 heterocycles. The number of fused-ring (bicyclic) bond motifs is 1. The van der Waals surface area contributed by atoms with Crippen LogP contribution in [-0.4, -0.2) is 38.3 Å². The van der Waals surface area contributed by atoms with Crippen molar-refractivity contribution >= 4 is 11.5 Å². The number of nitrogens with zero attached hydrogens (tertiary/aromatic N) is 5. The quantitative estimate of drug-likeness (QED) is 0.748. The largest absolute Gasteiger partial charge is 0.379 e. The first-order valence-corrected chi connectivity index (χ1v) is 9.37. The molecule has 1 saturated carbocycles. The average molecular weight is 362 g/mol. The minimum atomic E-state index is 0.364. The van der Waals surface area contributed by atoms with Crippen molar-refractivity contribution in [2.75, 3.05) is 11.9 Å². The fraction of sp³-hybridized carbons (Fsp3) is 0.400. The number of pyridine rings is 1. The lowest BCUT2D eigenvalue weighted by atomic mass is 9.93. The highest BCUT2D eigenvalue weighted by Crippen LogP contribution is 2.26. The van der Waals surface area contributed by atoms with Crippen LogP contribution in [-0.2, 0) is 4.74 Å². The van der Waals surface area contributed by atoms with Crippen LogP contribution in [0.25, 0.3) is 16.9 Å². The van der Waals surface area contributed by atoms with Crippen LogP contribution in [0.2, 0.25) is 0 Å². The molecule has 0 amide bonds.